The Hall–Kier alpha value is -2.31. The fourth-order valence-corrected chi connectivity index (χ4v) is 5.78. The van der Waals surface area contributed by atoms with Crippen molar-refractivity contribution in [3.05, 3.63) is 79.4 Å². The van der Waals surface area contributed by atoms with Gasteiger partial charge in [0, 0.05) is 43.8 Å². The van der Waals surface area contributed by atoms with Gasteiger partial charge in [-0.2, -0.15) is 0 Å². The number of rotatable bonds is 2. The number of aromatic carboxylic acids is 1. The van der Waals surface area contributed by atoms with Crippen molar-refractivity contribution in [1.82, 2.24) is 4.57 Å². The number of thioether (sulfide) groups is 1. The molecule has 26 heavy (non-hydrogen) atoms. The second kappa shape index (κ2) is 6.45. The zero-order valence-corrected chi connectivity index (χ0v) is 16.0. The molecule has 6 heteroatoms. The molecule has 1 atom stereocenters. The molecular weight excluding hydrogens is 366 g/mol. The molecular formula is C20H17NO3S2. The van der Waals surface area contributed by atoms with Gasteiger partial charge in [0.15, 0.2) is 5.43 Å². The maximum atomic E-state index is 12.4. The molecule has 0 bridgehead atoms. The van der Waals surface area contributed by atoms with Crippen LogP contribution < -0.4 is 5.43 Å². The Morgan fingerprint density at radius 3 is 2.65 bits per heavy atom. The van der Waals surface area contributed by atoms with Crippen LogP contribution in [-0.2, 0) is 6.42 Å². The molecule has 2 aromatic heterocycles. The van der Waals surface area contributed by atoms with E-state index in [2.05, 4.69) is 25.1 Å². The average molecular weight is 383 g/mol. The summed E-state index contributed by atoms with van der Waals surface area (Å²) in [7, 11) is 0. The molecule has 0 saturated heterocycles. The van der Waals surface area contributed by atoms with Crippen LogP contribution in [0.5, 0.6) is 0 Å². The second-order valence-corrected chi connectivity index (χ2v) is 8.90. The zero-order chi connectivity index (χ0) is 18.4. The number of carboxylic acids is 1. The molecule has 1 aliphatic rings. The molecule has 3 heterocycles. The van der Waals surface area contributed by atoms with Gasteiger partial charge < -0.3 is 9.67 Å². The van der Waals surface area contributed by atoms with Crippen molar-refractivity contribution < 1.29 is 9.90 Å². The number of benzene rings is 1. The van der Waals surface area contributed by atoms with E-state index in [9.17, 15) is 14.7 Å². The lowest BCUT2D eigenvalue weighted by Gasteiger charge is -2.18. The molecule has 0 amide bonds. The number of hydrogen-bond acceptors (Lipinski definition) is 4. The summed E-state index contributed by atoms with van der Waals surface area (Å²) in [5, 5.41) is 9.77. The van der Waals surface area contributed by atoms with Crippen LogP contribution in [0, 0.1) is 13.8 Å². The third kappa shape index (κ3) is 2.79. The maximum Gasteiger partial charge on any atom is 0.341 e. The van der Waals surface area contributed by atoms with Gasteiger partial charge >= 0.3 is 5.97 Å². The molecule has 0 radical (unpaired) electrons. The Labute approximate surface area is 159 Å². The van der Waals surface area contributed by atoms with Crippen LogP contribution in [0.1, 0.15) is 36.8 Å². The molecule has 0 spiro atoms. The highest BCUT2D eigenvalue weighted by atomic mass is 32.2. The van der Waals surface area contributed by atoms with Crippen molar-refractivity contribution in [2.75, 3.05) is 0 Å². The van der Waals surface area contributed by atoms with E-state index in [1.807, 2.05) is 29.7 Å². The van der Waals surface area contributed by atoms with Gasteiger partial charge in [0.2, 0.25) is 0 Å². The highest BCUT2D eigenvalue weighted by Gasteiger charge is 2.29. The molecule has 4 nitrogen and oxygen atoms in total. The van der Waals surface area contributed by atoms with Crippen molar-refractivity contribution >= 4 is 29.1 Å². The summed E-state index contributed by atoms with van der Waals surface area (Å²) >= 11 is 3.45. The minimum Gasteiger partial charge on any atom is -0.477 e. The number of pyridine rings is 1. The number of hydrogen-bond donors (Lipinski definition) is 1. The van der Waals surface area contributed by atoms with Crippen LogP contribution in [0.25, 0.3) is 5.69 Å². The first-order chi connectivity index (χ1) is 12.5. The van der Waals surface area contributed by atoms with E-state index in [0.29, 0.717) is 12.1 Å². The third-order valence-electron chi connectivity index (χ3n) is 4.54. The average Bonchev–Trinajstić information content (AvgIpc) is 2.93. The van der Waals surface area contributed by atoms with E-state index in [-0.39, 0.29) is 10.8 Å². The van der Waals surface area contributed by atoms with Gasteiger partial charge in [-0.3, -0.25) is 4.79 Å². The summed E-state index contributed by atoms with van der Waals surface area (Å²) < 4.78 is 1.94. The van der Waals surface area contributed by atoms with Crippen LogP contribution in [0.4, 0.5) is 0 Å². The first kappa shape index (κ1) is 17.1. The van der Waals surface area contributed by atoms with Crippen LogP contribution in [0.3, 0.4) is 0 Å². The molecule has 1 aromatic carbocycles. The topological polar surface area (TPSA) is 59.3 Å². The van der Waals surface area contributed by atoms with Crippen LogP contribution in [-0.4, -0.2) is 15.6 Å². The highest BCUT2D eigenvalue weighted by Crippen LogP contribution is 2.45. The largest absolute Gasteiger partial charge is 0.477 e. The number of fused-ring (bicyclic) bond motifs is 3. The predicted octanol–water partition coefficient (Wildman–Crippen LogP) is 4.60. The summed E-state index contributed by atoms with van der Waals surface area (Å²) in [6, 6.07) is 13.6. The predicted molar refractivity (Wildman–Crippen MR) is 105 cm³/mol. The quantitative estimate of drug-likeness (QED) is 0.702. The molecule has 1 aliphatic heterocycles. The van der Waals surface area contributed by atoms with Crippen molar-refractivity contribution in [2.24, 2.45) is 0 Å². The van der Waals surface area contributed by atoms with Gasteiger partial charge in [-0.25, -0.2) is 4.79 Å². The number of carboxylic acid groups (broad SMARTS) is 1. The monoisotopic (exact) mass is 383 g/mol. The van der Waals surface area contributed by atoms with Crippen molar-refractivity contribution in [3.63, 3.8) is 0 Å². The number of carbonyl (C=O) groups is 1. The molecule has 1 unspecified atom stereocenters. The van der Waals surface area contributed by atoms with E-state index < -0.39 is 11.4 Å². The van der Waals surface area contributed by atoms with E-state index in [1.54, 1.807) is 23.1 Å². The Bertz CT molecular complexity index is 1080. The molecule has 0 fully saturated rings. The zero-order valence-electron chi connectivity index (χ0n) is 14.4. The lowest BCUT2D eigenvalue weighted by atomic mass is 10.1. The van der Waals surface area contributed by atoms with E-state index >= 15 is 0 Å². The van der Waals surface area contributed by atoms with Crippen LogP contribution >= 0.6 is 23.1 Å². The van der Waals surface area contributed by atoms with Crippen molar-refractivity contribution in [1.29, 1.82) is 0 Å². The standard InChI is InChI=1S/C20H17NO3S2/c1-11-9-15(22)19(20(23)24)14-10-18(17-8-7-12(2)25-17)26-16-6-4-3-5-13(16)21(11)14/h3-9,18H,10H2,1-2H3,(H,23,24). The minimum atomic E-state index is -1.16. The molecule has 4 rings (SSSR count). The molecule has 0 aliphatic carbocycles. The number of thiophene rings is 1. The first-order valence-corrected chi connectivity index (χ1v) is 9.96. The maximum absolute atomic E-state index is 12.4. The van der Waals surface area contributed by atoms with E-state index in [4.69, 9.17) is 0 Å². The molecule has 132 valence electrons. The van der Waals surface area contributed by atoms with Gasteiger partial charge in [-0.05, 0) is 38.1 Å². The Morgan fingerprint density at radius 2 is 1.96 bits per heavy atom. The number of aryl methyl sites for hydroxylation is 2. The highest BCUT2D eigenvalue weighted by molar-refractivity contribution is 7.99. The minimum absolute atomic E-state index is 0.0721. The fourth-order valence-electron chi connectivity index (χ4n) is 3.45. The second-order valence-electron chi connectivity index (χ2n) is 6.34. The van der Waals surface area contributed by atoms with Crippen molar-refractivity contribution in [3.8, 4) is 5.69 Å². The SMILES string of the molecule is Cc1ccc(C2Cc3c(C(=O)O)c(=O)cc(C)n3-c3ccccc3S2)s1. The lowest BCUT2D eigenvalue weighted by Crippen LogP contribution is -2.24. The first-order valence-electron chi connectivity index (χ1n) is 8.27. The summed E-state index contributed by atoms with van der Waals surface area (Å²) in [5.41, 5.74) is 1.73. The van der Waals surface area contributed by atoms with Gasteiger partial charge in [-0.15, -0.1) is 23.1 Å². The van der Waals surface area contributed by atoms with Crippen LogP contribution in [0.2, 0.25) is 0 Å². The van der Waals surface area contributed by atoms with E-state index in [1.165, 1.54) is 15.8 Å². The lowest BCUT2D eigenvalue weighted by molar-refractivity contribution is 0.0693. The number of nitrogens with zero attached hydrogens (tertiary/aromatic N) is 1. The van der Waals surface area contributed by atoms with Gasteiger partial charge in [-0.1, -0.05) is 12.1 Å². The van der Waals surface area contributed by atoms with E-state index in [0.717, 1.165) is 16.3 Å². The Kier molecular flexibility index (Phi) is 4.25. The molecule has 1 N–H and O–H groups in total. The number of para-hydroxylation sites is 1. The smallest absolute Gasteiger partial charge is 0.341 e. The normalized spacial score (nSPS) is 15.8. The van der Waals surface area contributed by atoms with Gasteiger partial charge in [0.25, 0.3) is 0 Å². The summed E-state index contributed by atoms with van der Waals surface area (Å²) in [6.07, 6.45) is 0.498. The fraction of sp³-hybridized carbons (Fsp3) is 0.200. The van der Waals surface area contributed by atoms with Crippen molar-refractivity contribution in [2.45, 2.75) is 30.4 Å². The summed E-state index contributed by atoms with van der Waals surface area (Å²) in [6.45, 7) is 3.92. The molecule has 0 saturated carbocycles. The summed E-state index contributed by atoms with van der Waals surface area (Å²) in [5.74, 6) is -1.16. The Morgan fingerprint density at radius 1 is 1.19 bits per heavy atom. The summed E-state index contributed by atoms with van der Waals surface area (Å²) in [4.78, 5) is 27.8. The van der Waals surface area contributed by atoms with Crippen LogP contribution in [0.15, 0.2) is 52.2 Å². The number of aromatic nitrogens is 1. The van der Waals surface area contributed by atoms with Gasteiger partial charge in [0.05, 0.1) is 5.69 Å². The Balaban J connectivity index is 2.03. The van der Waals surface area contributed by atoms with Gasteiger partial charge in [0.1, 0.15) is 5.56 Å². The third-order valence-corrected chi connectivity index (χ3v) is 7.11. The molecule has 3 aromatic rings.